The Balaban J connectivity index is 2.31. The van der Waals surface area contributed by atoms with E-state index >= 15 is 0 Å². The van der Waals surface area contributed by atoms with Crippen molar-refractivity contribution in [3.05, 3.63) is 42.2 Å². The fourth-order valence-corrected chi connectivity index (χ4v) is 3.07. The Kier molecular flexibility index (Phi) is 6.02. The van der Waals surface area contributed by atoms with E-state index in [2.05, 4.69) is 35.2 Å². The number of hydrogen-bond donors (Lipinski definition) is 1. The Morgan fingerprint density at radius 1 is 1.24 bits per heavy atom. The molecule has 2 aromatic rings. The number of benzene rings is 1. The SMILES string of the molecule is CCCNC(C)c1c(OC)cccc1Sc1ncccn1. The lowest BCUT2D eigenvalue weighted by atomic mass is 10.1. The van der Waals surface area contributed by atoms with Gasteiger partial charge in [-0.3, -0.25) is 0 Å². The van der Waals surface area contributed by atoms with Crippen molar-refractivity contribution in [2.45, 2.75) is 36.4 Å². The standard InChI is InChI=1S/C16H21N3OS/c1-4-9-17-12(2)15-13(20-3)7-5-8-14(15)21-16-18-10-6-11-19-16/h5-8,10-12,17H,4,9H2,1-3H3. The van der Waals surface area contributed by atoms with Crippen LogP contribution in [0.3, 0.4) is 0 Å². The van der Waals surface area contributed by atoms with Crippen LogP contribution in [0.25, 0.3) is 0 Å². The largest absolute Gasteiger partial charge is 0.496 e. The Labute approximate surface area is 130 Å². The van der Waals surface area contributed by atoms with Gasteiger partial charge in [0.25, 0.3) is 0 Å². The molecule has 0 saturated carbocycles. The van der Waals surface area contributed by atoms with Crippen molar-refractivity contribution >= 4 is 11.8 Å². The summed E-state index contributed by atoms with van der Waals surface area (Å²) in [6.07, 6.45) is 4.62. The smallest absolute Gasteiger partial charge is 0.192 e. The summed E-state index contributed by atoms with van der Waals surface area (Å²) in [5.41, 5.74) is 1.16. The first-order valence-corrected chi connectivity index (χ1v) is 7.93. The van der Waals surface area contributed by atoms with Crippen molar-refractivity contribution < 1.29 is 4.74 Å². The van der Waals surface area contributed by atoms with E-state index in [1.165, 1.54) is 0 Å². The van der Waals surface area contributed by atoms with Crippen LogP contribution in [0.5, 0.6) is 5.75 Å². The maximum absolute atomic E-state index is 5.53. The molecule has 0 spiro atoms. The molecule has 0 radical (unpaired) electrons. The third-order valence-corrected chi connectivity index (χ3v) is 4.09. The molecule has 2 rings (SSSR count). The molecule has 1 heterocycles. The second-order valence-corrected chi connectivity index (χ2v) is 5.69. The normalized spacial score (nSPS) is 12.1. The van der Waals surface area contributed by atoms with Gasteiger partial charge < -0.3 is 10.1 Å². The summed E-state index contributed by atoms with van der Waals surface area (Å²) in [6.45, 7) is 5.30. The van der Waals surface area contributed by atoms with Gasteiger partial charge in [0.15, 0.2) is 5.16 Å². The zero-order chi connectivity index (χ0) is 15.1. The van der Waals surface area contributed by atoms with Gasteiger partial charge >= 0.3 is 0 Å². The zero-order valence-corrected chi connectivity index (χ0v) is 13.5. The molecule has 0 aliphatic carbocycles. The van der Waals surface area contributed by atoms with E-state index < -0.39 is 0 Å². The quantitative estimate of drug-likeness (QED) is 0.790. The molecule has 5 heteroatoms. The van der Waals surface area contributed by atoms with Crippen molar-refractivity contribution in [2.24, 2.45) is 0 Å². The van der Waals surface area contributed by atoms with Gasteiger partial charge in [0, 0.05) is 28.9 Å². The molecule has 0 amide bonds. The van der Waals surface area contributed by atoms with Crippen LogP contribution in [0.4, 0.5) is 0 Å². The fourth-order valence-electron chi connectivity index (χ4n) is 2.12. The highest BCUT2D eigenvalue weighted by molar-refractivity contribution is 7.99. The van der Waals surface area contributed by atoms with E-state index in [1.807, 2.05) is 18.2 Å². The van der Waals surface area contributed by atoms with E-state index in [-0.39, 0.29) is 6.04 Å². The van der Waals surface area contributed by atoms with Crippen LogP contribution in [0, 0.1) is 0 Å². The first-order chi connectivity index (χ1) is 10.3. The average molecular weight is 303 g/mol. The highest BCUT2D eigenvalue weighted by atomic mass is 32.2. The monoisotopic (exact) mass is 303 g/mol. The Hall–Kier alpha value is -1.59. The van der Waals surface area contributed by atoms with Crippen LogP contribution in [-0.4, -0.2) is 23.6 Å². The molecular formula is C16H21N3OS. The van der Waals surface area contributed by atoms with E-state index in [0.29, 0.717) is 0 Å². The van der Waals surface area contributed by atoms with Crippen LogP contribution in [0.2, 0.25) is 0 Å². The van der Waals surface area contributed by atoms with Crippen molar-refractivity contribution in [3.8, 4) is 5.75 Å². The van der Waals surface area contributed by atoms with Crippen LogP contribution in [0.15, 0.2) is 46.7 Å². The lowest BCUT2D eigenvalue weighted by molar-refractivity contribution is 0.399. The second kappa shape index (κ2) is 8.00. The Morgan fingerprint density at radius 2 is 2.00 bits per heavy atom. The van der Waals surface area contributed by atoms with E-state index in [1.54, 1.807) is 31.3 Å². The molecule has 1 aromatic carbocycles. The Morgan fingerprint density at radius 3 is 2.67 bits per heavy atom. The van der Waals surface area contributed by atoms with Crippen molar-refractivity contribution in [3.63, 3.8) is 0 Å². The molecule has 0 aliphatic heterocycles. The van der Waals surface area contributed by atoms with Gasteiger partial charge in [0.2, 0.25) is 0 Å². The first kappa shape index (κ1) is 15.8. The summed E-state index contributed by atoms with van der Waals surface area (Å²) < 4.78 is 5.53. The molecule has 112 valence electrons. The summed E-state index contributed by atoms with van der Waals surface area (Å²) in [5.74, 6) is 0.895. The number of hydrogen-bond acceptors (Lipinski definition) is 5. The van der Waals surface area contributed by atoms with Crippen LogP contribution in [0.1, 0.15) is 31.9 Å². The minimum atomic E-state index is 0.215. The molecule has 0 bridgehead atoms. The van der Waals surface area contributed by atoms with Crippen molar-refractivity contribution in [2.75, 3.05) is 13.7 Å². The number of rotatable bonds is 7. The predicted molar refractivity (Wildman–Crippen MR) is 85.9 cm³/mol. The second-order valence-electron chi connectivity index (χ2n) is 4.68. The molecule has 0 saturated heterocycles. The third kappa shape index (κ3) is 4.19. The minimum absolute atomic E-state index is 0.215. The number of aromatic nitrogens is 2. The summed E-state index contributed by atoms with van der Waals surface area (Å²) in [4.78, 5) is 9.69. The zero-order valence-electron chi connectivity index (χ0n) is 12.7. The molecule has 1 atom stereocenters. The minimum Gasteiger partial charge on any atom is -0.496 e. The third-order valence-electron chi connectivity index (χ3n) is 3.12. The number of methoxy groups -OCH3 is 1. The molecule has 1 N–H and O–H groups in total. The topological polar surface area (TPSA) is 47.0 Å². The molecule has 0 fully saturated rings. The average Bonchev–Trinajstić information content (AvgIpc) is 2.53. The lowest BCUT2D eigenvalue weighted by Gasteiger charge is -2.20. The highest BCUT2D eigenvalue weighted by Gasteiger charge is 2.17. The van der Waals surface area contributed by atoms with Gasteiger partial charge in [-0.1, -0.05) is 13.0 Å². The van der Waals surface area contributed by atoms with Crippen LogP contribution >= 0.6 is 11.8 Å². The molecule has 1 unspecified atom stereocenters. The predicted octanol–water partition coefficient (Wildman–Crippen LogP) is 3.70. The van der Waals surface area contributed by atoms with Gasteiger partial charge in [0.1, 0.15) is 5.75 Å². The molecule has 1 aromatic heterocycles. The van der Waals surface area contributed by atoms with Gasteiger partial charge in [-0.25, -0.2) is 9.97 Å². The van der Waals surface area contributed by atoms with Gasteiger partial charge in [-0.2, -0.15) is 0 Å². The number of nitrogens with zero attached hydrogens (tertiary/aromatic N) is 2. The molecular weight excluding hydrogens is 282 g/mol. The van der Waals surface area contributed by atoms with E-state index in [4.69, 9.17) is 4.74 Å². The van der Waals surface area contributed by atoms with Crippen LogP contribution < -0.4 is 10.1 Å². The van der Waals surface area contributed by atoms with E-state index in [0.717, 1.165) is 34.3 Å². The van der Waals surface area contributed by atoms with Crippen molar-refractivity contribution in [1.29, 1.82) is 0 Å². The number of nitrogens with one attached hydrogen (secondary N) is 1. The first-order valence-electron chi connectivity index (χ1n) is 7.11. The maximum atomic E-state index is 5.53. The summed E-state index contributed by atoms with van der Waals surface area (Å²) in [5, 5.41) is 4.26. The summed E-state index contributed by atoms with van der Waals surface area (Å²) in [6, 6.07) is 8.12. The van der Waals surface area contributed by atoms with Gasteiger partial charge in [0.05, 0.1) is 7.11 Å². The number of ether oxygens (including phenoxy) is 1. The molecule has 21 heavy (non-hydrogen) atoms. The molecule has 0 aliphatic rings. The van der Waals surface area contributed by atoms with Gasteiger partial charge in [-0.05, 0) is 49.9 Å². The summed E-state index contributed by atoms with van der Waals surface area (Å²) >= 11 is 1.56. The van der Waals surface area contributed by atoms with Gasteiger partial charge in [-0.15, -0.1) is 0 Å². The Bertz CT molecular complexity index is 563. The lowest BCUT2D eigenvalue weighted by Crippen LogP contribution is -2.20. The fraction of sp³-hybridized carbons (Fsp3) is 0.375. The highest BCUT2D eigenvalue weighted by Crippen LogP contribution is 2.37. The van der Waals surface area contributed by atoms with Crippen LogP contribution in [-0.2, 0) is 0 Å². The van der Waals surface area contributed by atoms with E-state index in [9.17, 15) is 0 Å². The maximum Gasteiger partial charge on any atom is 0.192 e. The molecule has 4 nitrogen and oxygen atoms in total. The summed E-state index contributed by atoms with van der Waals surface area (Å²) in [7, 11) is 1.71. The van der Waals surface area contributed by atoms with Crippen molar-refractivity contribution in [1.82, 2.24) is 15.3 Å².